The maximum atomic E-state index is 12.3. The Morgan fingerprint density at radius 3 is 2.60 bits per heavy atom. The molecule has 1 aromatic carbocycles. The van der Waals surface area contributed by atoms with Gasteiger partial charge in [0.1, 0.15) is 12.4 Å². The summed E-state index contributed by atoms with van der Waals surface area (Å²) in [5.74, 6) is 1.11. The Morgan fingerprint density at radius 1 is 1.30 bits per heavy atom. The minimum atomic E-state index is -0.0764. The Labute approximate surface area is 121 Å². The van der Waals surface area contributed by atoms with Gasteiger partial charge in [0.05, 0.1) is 6.04 Å². The number of carbonyl (C=O) groups is 1. The number of para-hydroxylation sites is 1. The molecule has 20 heavy (non-hydrogen) atoms. The van der Waals surface area contributed by atoms with Gasteiger partial charge in [-0.05, 0) is 38.9 Å². The molecule has 1 heterocycles. The van der Waals surface area contributed by atoms with Crippen molar-refractivity contribution in [1.29, 1.82) is 0 Å². The van der Waals surface area contributed by atoms with Crippen LogP contribution in [0, 0.1) is 0 Å². The van der Waals surface area contributed by atoms with Crippen LogP contribution in [0.5, 0.6) is 5.75 Å². The molecule has 1 aliphatic heterocycles. The summed E-state index contributed by atoms with van der Waals surface area (Å²) in [5.41, 5.74) is 0. The lowest BCUT2D eigenvalue weighted by molar-refractivity contribution is -0.134. The molecule has 4 heteroatoms. The van der Waals surface area contributed by atoms with E-state index >= 15 is 0 Å². The van der Waals surface area contributed by atoms with E-state index in [1.165, 1.54) is 0 Å². The number of ether oxygens (including phenoxy) is 1. The molecular weight excluding hydrogens is 252 g/mol. The predicted molar refractivity (Wildman–Crippen MR) is 79.8 cm³/mol. The number of benzene rings is 1. The van der Waals surface area contributed by atoms with Crippen molar-refractivity contribution in [3.05, 3.63) is 30.3 Å². The number of rotatable bonds is 6. The molecule has 1 unspecified atom stereocenters. The first-order chi connectivity index (χ1) is 9.68. The van der Waals surface area contributed by atoms with E-state index in [9.17, 15) is 4.79 Å². The lowest BCUT2D eigenvalue weighted by Crippen LogP contribution is -2.45. The molecule has 0 spiro atoms. The smallest absolute Gasteiger partial charge is 0.239 e. The Morgan fingerprint density at radius 2 is 1.95 bits per heavy atom. The third kappa shape index (κ3) is 3.97. The zero-order valence-corrected chi connectivity index (χ0v) is 12.4. The summed E-state index contributed by atoms with van der Waals surface area (Å²) in [7, 11) is 1.98. The van der Waals surface area contributed by atoms with Gasteiger partial charge in [-0.25, -0.2) is 0 Å². The highest BCUT2D eigenvalue weighted by Crippen LogP contribution is 2.12. The van der Waals surface area contributed by atoms with E-state index in [0.29, 0.717) is 6.61 Å². The van der Waals surface area contributed by atoms with Crippen molar-refractivity contribution >= 4 is 5.91 Å². The van der Waals surface area contributed by atoms with Gasteiger partial charge in [0.15, 0.2) is 0 Å². The second-order valence-electron chi connectivity index (χ2n) is 5.35. The highest BCUT2D eigenvalue weighted by molar-refractivity contribution is 5.81. The molecule has 0 bridgehead atoms. The first-order valence-electron chi connectivity index (χ1n) is 7.35. The van der Waals surface area contributed by atoms with Gasteiger partial charge in [-0.1, -0.05) is 18.2 Å². The summed E-state index contributed by atoms with van der Waals surface area (Å²) in [6, 6.07) is 9.69. The van der Waals surface area contributed by atoms with Crippen LogP contribution in [0.1, 0.15) is 19.8 Å². The van der Waals surface area contributed by atoms with Gasteiger partial charge in [-0.15, -0.1) is 0 Å². The number of hydrogen-bond donors (Lipinski definition) is 0. The summed E-state index contributed by atoms with van der Waals surface area (Å²) in [6.45, 7) is 5.14. The van der Waals surface area contributed by atoms with Crippen LogP contribution in [-0.4, -0.2) is 55.0 Å². The predicted octanol–water partition coefficient (Wildman–Crippen LogP) is 2.01. The fraction of sp³-hybridized carbons (Fsp3) is 0.562. The largest absolute Gasteiger partial charge is 0.492 e. The average molecular weight is 276 g/mol. The maximum Gasteiger partial charge on any atom is 0.239 e. The summed E-state index contributed by atoms with van der Waals surface area (Å²) < 4.78 is 5.67. The van der Waals surface area contributed by atoms with E-state index < -0.39 is 0 Å². The van der Waals surface area contributed by atoms with Gasteiger partial charge < -0.3 is 9.64 Å². The van der Waals surface area contributed by atoms with Crippen molar-refractivity contribution in [2.75, 3.05) is 33.3 Å². The minimum absolute atomic E-state index is 0.0764. The molecule has 1 aliphatic rings. The van der Waals surface area contributed by atoms with E-state index in [-0.39, 0.29) is 11.9 Å². The van der Waals surface area contributed by atoms with E-state index in [1.54, 1.807) is 0 Å². The van der Waals surface area contributed by atoms with Crippen LogP contribution >= 0.6 is 0 Å². The normalized spacial score (nSPS) is 16.4. The molecule has 4 nitrogen and oxygen atoms in total. The number of likely N-dealkylation sites (tertiary alicyclic amines) is 1. The maximum absolute atomic E-state index is 12.3. The lowest BCUT2D eigenvalue weighted by Gasteiger charge is -2.27. The van der Waals surface area contributed by atoms with Gasteiger partial charge in [0.25, 0.3) is 0 Å². The van der Waals surface area contributed by atoms with Gasteiger partial charge in [-0.3, -0.25) is 9.69 Å². The number of amides is 1. The minimum Gasteiger partial charge on any atom is -0.492 e. The summed E-state index contributed by atoms with van der Waals surface area (Å²) in [6.07, 6.45) is 2.28. The van der Waals surface area contributed by atoms with E-state index in [1.807, 2.05) is 49.2 Å². The fourth-order valence-corrected chi connectivity index (χ4v) is 2.41. The van der Waals surface area contributed by atoms with Crippen LogP contribution in [0.15, 0.2) is 30.3 Å². The first kappa shape index (κ1) is 14.9. The number of nitrogens with zero attached hydrogens (tertiary/aromatic N) is 2. The van der Waals surface area contributed by atoms with E-state index in [0.717, 1.165) is 38.2 Å². The van der Waals surface area contributed by atoms with Gasteiger partial charge in [-0.2, -0.15) is 0 Å². The lowest BCUT2D eigenvalue weighted by atomic mass is 10.2. The van der Waals surface area contributed by atoms with Crippen LogP contribution in [0.3, 0.4) is 0 Å². The average Bonchev–Trinajstić information content (AvgIpc) is 3.01. The fourth-order valence-electron chi connectivity index (χ4n) is 2.41. The molecule has 0 aromatic heterocycles. The number of hydrogen-bond acceptors (Lipinski definition) is 3. The van der Waals surface area contributed by atoms with E-state index in [2.05, 4.69) is 4.90 Å². The molecule has 1 fully saturated rings. The molecule has 1 amide bonds. The second-order valence-corrected chi connectivity index (χ2v) is 5.35. The standard InChI is InChI=1S/C16H24N2O2/c1-14(16(19)18-10-6-7-11-18)17(2)12-13-20-15-8-4-3-5-9-15/h3-5,8-9,14H,6-7,10-13H2,1-2H3. The molecule has 1 saturated heterocycles. The zero-order chi connectivity index (χ0) is 14.4. The Bertz CT molecular complexity index is 416. The Balaban J connectivity index is 1.73. The van der Waals surface area contributed by atoms with Crippen molar-refractivity contribution in [1.82, 2.24) is 9.80 Å². The van der Waals surface area contributed by atoms with Crippen LogP contribution in [-0.2, 0) is 4.79 Å². The third-order valence-electron chi connectivity index (χ3n) is 3.89. The zero-order valence-electron chi connectivity index (χ0n) is 12.4. The summed E-state index contributed by atoms with van der Waals surface area (Å²) in [5, 5.41) is 0. The van der Waals surface area contributed by atoms with Crippen molar-refractivity contribution in [3.63, 3.8) is 0 Å². The number of carbonyl (C=O) groups excluding carboxylic acids is 1. The van der Waals surface area contributed by atoms with Crippen LogP contribution in [0.4, 0.5) is 0 Å². The molecule has 0 aliphatic carbocycles. The molecule has 0 radical (unpaired) electrons. The highest BCUT2D eigenvalue weighted by atomic mass is 16.5. The Kier molecular flexibility index (Phi) is 5.41. The van der Waals surface area contributed by atoms with Crippen molar-refractivity contribution in [2.24, 2.45) is 0 Å². The van der Waals surface area contributed by atoms with Crippen LogP contribution in [0.25, 0.3) is 0 Å². The molecule has 0 N–H and O–H groups in total. The topological polar surface area (TPSA) is 32.8 Å². The van der Waals surface area contributed by atoms with Crippen molar-refractivity contribution < 1.29 is 9.53 Å². The van der Waals surface area contributed by atoms with Gasteiger partial charge in [0.2, 0.25) is 5.91 Å². The quantitative estimate of drug-likeness (QED) is 0.797. The monoisotopic (exact) mass is 276 g/mol. The summed E-state index contributed by atoms with van der Waals surface area (Å²) in [4.78, 5) is 16.3. The first-order valence-corrected chi connectivity index (χ1v) is 7.35. The Hall–Kier alpha value is -1.55. The third-order valence-corrected chi connectivity index (χ3v) is 3.89. The molecule has 1 atom stereocenters. The molecule has 0 saturated carbocycles. The molecule has 110 valence electrons. The van der Waals surface area contributed by atoms with Crippen LogP contribution < -0.4 is 4.74 Å². The number of likely N-dealkylation sites (N-methyl/N-ethyl adjacent to an activating group) is 1. The van der Waals surface area contributed by atoms with Crippen LogP contribution in [0.2, 0.25) is 0 Å². The molecular formula is C16H24N2O2. The molecule has 1 aromatic rings. The summed E-state index contributed by atoms with van der Waals surface area (Å²) >= 11 is 0. The molecule has 2 rings (SSSR count). The highest BCUT2D eigenvalue weighted by Gasteiger charge is 2.25. The van der Waals surface area contributed by atoms with Gasteiger partial charge in [0, 0.05) is 19.6 Å². The SMILES string of the molecule is CC(C(=O)N1CCCC1)N(C)CCOc1ccccc1. The van der Waals surface area contributed by atoms with Gasteiger partial charge >= 0.3 is 0 Å². The van der Waals surface area contributed by atoms with Crippen molar-refractivity contribution in [3.8, 4) is 5.75 Å². The van der Waals surface area contributed by atoms with E-state index in [4.69, 9.17) is 4.74 Å². The second kappa shape index (κ2) is 7.29. The van der Waals surface area contributed by atoms with Crippen molar-refractivity contribution in [2.45, 2.75) is 25.8 Å².